The summed E-state index contributed by atoms with van der Waals surface area (Å²) >= 11 is 5.96. The Morgan fingerprint density at radius 2 is 1.80 bits per heavy atom. The lowest BCUT2D eigenvalue weighted by molar-refractivity contribution is 0.196. The number of ether oxygens (including phenoxy) is 1. The molecule has 0 saturated heterocycles. The SMILES string of the molecule is CCN(CC)c1nc(Cl)nc(OCC2CCCCC2)n1. The molecule has 0 unspecified atom stereocenters. The molecule has 6 heteroatoms. The zero-order valence-electron chi connectivity index (χ0n) is 12.3. The van der Waals surface area contributed by atoms with Gasteiger partial charge in [0.25, 0.3) is 0 Å². The highest BCUT2D eigenvalue weighted by molar-refractivity contribution is 6.28. The van der Waals surface area contributed by atoms with Gasteiger partial charge in [0.1, 0.15) is 0 Å². The quantitative estimate of drug-likeness (QED) is 0.806. The highest BCUT2D eigenvalue weighted by atomic mass is 35.5. The maximum atomic E-state index is 5.96. The van der Waals surface area contributed by atoms with E-state index in [9.17, 15) is 0 Å². The van der Waals surface area contributed by atoms with Crippen molar-refractivity contribution in [3.8, 4) is 6.01 Å². The molecule has 0 aromatic carbocycles. The first-order valence-corrected chi connectivity index (χ1v) is 7.90. The fraction of sp³-hybridized carbons (Fsp3) is 0.786. The topological polar surface area (TPSA) is 51.1 Å². The van der Waals surface area contributed by atoms with Crippen LogP contribution in [0.3, 0.4) is 0 Å². The molecule has 1 heterocycles. The third-order valence-corrected chi connectivity index (χ3v) is 3.96. The van der Waals surface area contributed by atoms with Crippen LogP contribution in [-0.2, 0) is 0 Å². The van der Waals surface area contributed by atoms with E-state index in [4.69, 9.17) is 16.3 Å². The molecule has 112 valence electrons. The van der Waals surface area contributed by atoms with Crippen LogP contribution in [0.4, 0.5) is 5.95 Å². The molecular weight excluding hydrogens is 276 g/mol. The molecule has 0 spiro atoms. The summed E-state index contributed by atoms with van der Waals surface area (Å²) < 4.78 is 5.73. The van der Waals surface area contributed by atoms with Crippen LogP contribution in [0.25, 0.3) is 0 Å². The number of halogens is 1. The van der Waals surface area contributed by atoms with Crippen molar-refractivity contribution in [2.45, 2.75) is 46.0 Å². The number of nitrogens with zero attached hydrogens (tertiary/aromatic N) is 4. The Hall–Kier alpha value is -1.10. The first kappa shape index (κ1) is 15.3. The smallest absolute Gasteiger partial charge is 0.322 e. The zero-order valence-corrected chi connectivity index (χ0v) is 13.1. The van der Waals surface area contributed by atoms with Crippen LogP contribution < -0.4 is 9.64 Å². The summed E-state index contributed by atoms with van der Waals surface area (Å²) in [5.74, 6) is 1.21. The number of anilines is 1. The van der Waals surface area contributed by atoms with Crippen LogP contribution in [0.2, 0.25) is 5.28 Å². The number of rotatable bonds is 6. The van der Waals surface area contributed by atoms with Crippen LogP contribution in [0.15, 0.2) is 0 Å². The summed E-state index contributed by atoms with van der Waals surface area (Å²) in [4.78, 5) is 14.6. The number of hydrogen-bond acceptors (Lipinski definition) is 5. The van der Waals surface area contributed by atoms with Crippen molar-refractivity contribution in [3.63, 3.8) is 0 Å². The largest absolute Gasteiger partial charge is 0.463 e. The van der Waals surface area contributed by atoms with Crippen LogP contribution in [-0.4, -0.2) is 34.6 Å². The Bertz CT molecular complexity index is 420. The van der Waals surface area contributed by atoms with Gasteiger partial charge in [0.15, 0.2) is 0 Å². The first-order valence-electron chi connectivity index (χ1n) is 7.52. The number of hydrogen-bond donors (Lipinski definition) is 0. The van der Waals surface area contributed by atoms with Crippen LogP contribution in [0.5, 0.6) is 6.01 Å². The van der Waals surface area contributed by atoms with Gasteiger partial charge in [-0.15, -0.1) is 0 Å². The van der Waals surface area contributed by atoms with E-state index < -0.39 is 0 Å². The first-order chi connectivity index (χ1) is 9.72. The molecule has 1 aliphatic carbocycles. The summed E-state index contributed by atoms with van der Waals surface area (Å²) in [6, 6.07) is 0.345. The Kier molecular flexibility index (Phi) is 5.83. The Labute approximate surface area is 125 Å². The molecule has 0 bridgehead atoms. The van der Waals surface area contributed by atoms with Gasteiger partial charge in [-0.25, -0.2) is 0 Å². The highest BCUT2D eigenvalue weighted by Gasteiger charge is 2.16. The van der Waals surface area contributed by atoms with Crippen molar-refractivity contribution in [3.05, 3.63) is 5.28 Å². The molecule has 1 saturated carbocycles. The van der Waals surface area contributed by atoms with Gasteiger partial charge in [0, 0.05) is 13.1 Å². The molecular formula is C14H23ClN4O. The van der Waals surface area contributed by atoms with Crippen molar-refractivity contribution in [2.24, 2.45) is 5.92 Å². The molecule has 1 aliphatic rings. The Morgan fingerprint density at radius 1 is 1.10 bits per heavy atom. The van der Waals surface area contributed by atoms with Crippen molar-refractivity contribution in [1.82, 2.24) is 15.0 Å². The second kappa shape index (κ2) is 7.62. The van der Waals surface area contributed by atoms with Gasteiger partial charge < -0.3 is 9.64 Å². The van der Waals surface area contributed by atoms with Gasteiger partial charge in [-0.05, 0) is 44.2 Å². The standard InChI is InChI=1S/C14H23ClN4O/c1-3-19(4-2)13-16-12(15)17-14(18-13)20-10-11-8-6-5-7-9-11/h11H,3-10H2,1-2H3. The summed E-state index contributed by atoms with van der Waals surface area (Å²) in [5, 5.41) is 0.195. The predicted molar refractivity (Wildman–Crippen MR) is 80.5 cm³/mol. The molecule has 1 aromatic heterocycles. The Balaban J connectivity index is 1.99. The van der Waals surface area contributed by atoms with Crippen LogP contribution >= 0.6 is 11.6 Å². The third-order valence-electron chi connectivity index (χ3n) is 3.79. The molecule has 5 nitrogen and oxygen atoms in total. The summed E-state index contributed by atoms with van der Waals surface area (Å²) in [7, 11) is 0. The molecule has 0 radical (unpaired) electrons. The highest BCUT2D eigenvalue weighted by Crippen LogP contribution is 2.24. The molecule has 2 rings (SSSR count). The zero-order chi connectivity index (χ0) is 14.4. The predicted octanol–water partition coefficient (Wildman–Crippen LogP) is 3.33. The maximum absolute atomic E-state index is 5.96. The van der Waals surface area contributed by atoms with E-state index in [0.29, 0.717) is 24.5 Å². The van der Waals surface area contributed by atoms with E-state index in [-0.39, 0.29) is 5.28 Å². The van der Waals surface area contributed by atoms with E-state index in [1.807, 2.05) is 4.90 Å². The van der Waals surface area contributed by atoms with Crippen molar-refractivity contribution in [1.29, 1.82) is 0 Å². The average molecular weight is 299 g/mol. The van der Waals surface area contributed by atoms with Crippen molar-refractivity contribution in [2.75, 3.05) is 24.6 Å². The van der Waals surface area contributed by atoms with Crippen molar-refractivity contribution >= 4 is 17.5 Å². The van der Waals surface area contributed by atoms with Gasteiger partial charge >= 0.3 is 6.01 Å². The summed E-state index contributed by atoms with van der Waals surface area (Å²) in [6.07, 6.45) is 6.43. The normalized spacial score (nSPS) is 16.1. The van der Waals surface area contributed by atoms with Crippen molar-refractivity contribution < 1.29 is 4.74 Å². The lowest BCUT2D eigenvalue weighted by Crippen LogP contribution is -2.25. The molecule has 0 N–H and O–H groups in total. The van der Waals surface area contributed by atoms with E-state index in [1.165, 1.54) is 32.1 Å². The lowest BCUT2D eigenvalue weighted by Gasteiger charge is -2.22. The van der Waals surface area contributed by atoms with Gasteiger partial charge in [-0.3, -0.25) is 0 Å². The second-order valence-electron chi connectivity index (χ2n) is 5.17. The van der Waals surface area contributed by atoms with Gasteiger partial charge in [0.05, 0.1) is 6.61 Å². The molecule has 0 aliphatic heterocycles. The van der Waals surface area contributed by atoms with Gasteiger partial charge in [-0.1, -0.05) is 19.3 Å². The molecule has 1 aromatic rings. The van der Waals surface area contributed by atoms with E-state index >= 15 is 0 Å². The maximum Gasteiger partial charge on any atom is 0.322 e. The summed E-state index contributed by atoms with van der Waals surface area (Å²) in [6.45, 7) is 6.46. The molecule has 20 heavy (non-hydrogen) atoms. The molecule has 0 amide bonds. The fourth-order valence-electron chi connectivity index (χ4n) is 2.58. The average Bonchev–Trinajstić information content (AvgIpc) is 2.47. The molecule has 1 fully saturated rings. The monoisotopic (exact) mass is 298 g/mol. The van der Waals surface area contributed by atoms with Gasteiger partial charge in [-0.2, -0.15) is 15.0 Å². The summed E-state index contributed by atoms with van der Waals surface area (Å²) in [5.41, 5.74) is 0. The minimum atomic E-state index is 0.195. The lowest BCUT2D eigenvalue weighted by atomic mass is 9.90. The third kappa shape index (κ3) is 4.20. The second-order valence-corrected chi connectivity index (χ2v) is 5.51. The van der Waals surface area contributed by atoms with E-state index in [1.54, 1.807) is 0 Å². The fourth-order valence-corrected chi connectivity index (χ4v) is 2.73. The van der Waals surface area contributed by atoms with E-state index in [0.717, 1.165) is 13.1 Å². The minimum Gasteiger partial charge on any atom is -0.463 e. The Morgan fingerprint density at radius 3 is 2.45 bits per heavy atom. The minimum absolute atomic E-state index is 0.195. The van der Waals surface area contributed by atoms with Gasteiger partial charge in [0.2, 0.25) is 11.2 Å². The van der Waals surface area contributed by atoms with E-state index in [2.05, 4.69) is 28.8 Å². The molecule has 0 atom stereocenters. The number of aromatic nitrogens is 3. The van der Waals surface area contributed by atoms with Crippen LogP contribution in [0, 0.1) is 5.92 Å². The van der Waals surface area contributed by atoms with Crippen LogP contribution in [0.1, 0.15) is 46.0 Å².